The predicted octanol–water partition coefficient (Wildman–Crippen LogP) is 0.193. The molecule has 1 aliphatic rings. The third-order valence-corrected chi connectivity index (χ3v) is 4.87. The minimum absolute atomic E-state index is 0.129. The lowest BCUT2D eigenvalue weighted by Crippen LogP contribution is -2.47. The molecule has 1 atom stereocenters. The lowest BCUT2D eigenvalue weighted by molar-refractivity contribution is 0.450. The zero-order valence-corrected chi connectivity index (χ0v) is 12.1. The van der Waals surface area contributed by atoms with Crippen molar-refractivity contribution in [3.63, 3.8) is 0 Å². The first-order valence-electron chi connectivity index (χ1n) is 6.52. The quantitative estimate of drug-likeness (QED) is 0.774. The van der Waals surface area contributed by atoms with Gasteiger partial charge in [0.15, 0.2) is 9.84 Å². The highest BCUT2D eigenvalue weighted by atomic mass is 32.2. The lowest BCUT2D eigenvalue weighted by atomic mass is 10.3. The number of hydrogen-bond acceptors (Lipinski definition) is 7. The van der Waals surface area contributed by atoms with Crippen LogP contribution in [0.2, 0.25) is 0 Å². The summed E-state index contributed by atoms with van der Waals surface area (Å²) in [5.74, 6) is 0.811. The van der Waals surface area contributed by atoms with Crippen molar-refractivity contribution in [1.82, 2.24) is 15.5 Å². The van der Waals surface area contributed by atoms with E-state index in [2.05, 4.69) is 22.4 Å². The summed E-state index contributed by atoms with van der Waals surface area (Å²) in [6.45, 7) is 5.79. The molecule has 1 saturated heterocycles. The first-order chi connectivity index (χ1) is 9.02. The maximum atomic E-state index is 11.5. The van der Waals surface area contributed by atoms with Gasteiger partial charge in [0.1, 0.15) is 0 Å². The first kappa shape index (κ1) is 14.3. The summed E-state index contributed by atoms with van der Waals surface area (Å²) in [4.78, 5) is 1.86. The summed E-state index contributed by atoms with van der Waals surface area (Å²) >= 11 is 0. The maximum absolute atomic E-state index is 11.5. The Labute approximate surface area is 113 Å². The van der Waals surface area contributed by atoms with Gasteiger partial charge in [-0.3, -0.25) is 0 Å². The van der Waals surface area contributed by atoms with E-state index in [-0.39, 0.29) is 17.5 Å². The largest absolute Gasteiger partial charge is 0.407 e. The number of nitrogens with one attached hydrogen (secondary N) is 1. The highest BCUT2D eigenvalue weighted by Crippen LogP contribution is 2.20. The molecule has 19 heavy (non-hydrogen) atoms. The van der Waals surface area contributed by atoms with Gasteiger partial charge in [-0.1, -0.05) is 12.0 Å². The average Bonchev–Trinajstić information content (AvgIpc) is 2.77. The molecule has 1 aromatic heterocycles. The fourth-order valence-electron chi connectivity index (χ4n) is 2.09. The van der Waals surface area contributed by atoms with Gasteiger partial charge in [-0.25, -0.2) is 8.42 Å². The van der Waals surface area contributed by atoms with Crippen LogP contribution in [0.4, 0.5) is 6.01 Å². The number of hydrogen-bond donors (Lipinski definition) is 1. The van der Waals surface area contributed by atoms with Crippen molar-refractivity contribution in [3.8, 4) is 0 Å². The van der Waals surface area contributed by atoms with Crippen LogP contribution in [0.15, 0.2) is 4.42 Å². The van der Waals surface area contributed by atoms with Crippen LogP contribution in [0.3, 0.4) is 0 Å². The third-order valence-electron chi connectivity index (χ3n) is 3.08. The number of anilines is 1. The van der Waals surface area contributed by atoms with Crippen LogP contribution < -0.4 is 10.2 Å². The molecule has 8 heteroatoms. The van der Waals surface area contributed by atoms with E-state index in [1.54, 1.807) is 0 Å². The van der Waals surface area contributed by atoms with Gasteiger partial charge in [-0.2, -0.15) is 0 Å². The fourth-order valence-corrected chi connectivity index (χ4v) is 3.64. The molecule has 1 aromatic rings. The minimum Gasteiger partial charge on any atom is -0.407 e. The number of nitrogens with zero attached hydrogens (tertiary/aromatic N) is 3. The predicted molar refractivity (Wildman–Crippen MR) is 71.8 cm³/mol. The molecule has 2 rings (SSSR count). The minimum atomic E-state index is -2.93. The average molecular weight is 288 g/mol. The van der Waals surface area contributed by atoms with Gasteiger partial charge in [0.2, 0.25) is 5.89 Å². The topological polar surface area (TPSA) is 88.3 Å². The van der Waals surface area contributed by atoms with Crippen molar-refractivity contribution in [2.45, 2.75) is 32.9 Å². The van der Waals surface area contributed by atoms with Crippen molar-refractivity contribution in [2.24, 2.45) is 0 Å². The Bertz CT molecular complexity index is 514. The molecule has 0 radical (unpaired) electrons. The van der Waals surface area contributed by atoms with E-state index in [4.69, 9.17) is 4.42 Å². The monoisotopic (exact) mass is 288 g/mol. The zero-order valence-electron chi connectivity index (χ0n) is 11.3. The Kier molecular flexibility index (Phi) is 4.41. The summed E-state index contributed by atoms with van der Waals surface area (Å²) in [6, 6.07) is 0.284. The second-order valence-electron chi connectivity index (χ2n) is 4.81. The zero-order chi connectivity index (χ0) is 13.9. The summed E-state index contributed by atoms with van der Waals surface area (Å²) in [5, 5.41) is 11.1. The van der Waals surface area contributed by atoms with E-state index in [1.165, 1.54) is 0 Å². The second-order valence-corrected chi connectivity index (χ2v) is 7.04. The second kappa shape index (κ2) is 5.87. The standard InChI is InChI=1S/C11H20N4O3S/c1-3-4-12-7-10-13-14-11(18-10)15-5-6-19(16,17)8-9(15)2/h9,12H,3-8H2,1-2H3. The van der Waals surface area contributed by atoms with E-state index in [1.807, 2.05) is 11.8 Å². The molecule has 1 N–H and O–H groups in total. The molecule has 1 fully saturated rings. The van der Waals surface area contributed by atoms with Gasteiger partial charge in [0, 0.05) is 12.6 Å². The summed E-state index contributed by atoms with van der Waals surface area (Å²) in [7, 11) is -2.93. The molecule has 2 heterocycles. The van der Waals surface area contributed by atoms with Crippen molar-refractivity contribution < 1.29 is 12.8 Å². The van der Waals surface area contributed by atoms with Crippen LogP contribution in [-0.2, 0) is 16.4 Å². The van der Waals surface area contributed by atoms with Crippen LogP contribution in [0.1, 0.15) is 26.2 Å². The molecule has 0 bridgehead atoms. The molecule has 0 saturated carbocycles. The smallest absolute Gasteiger partial charge is 0.318 e. The van der Waals surface area contributed by atoms with E-state index < -0.39 is 9.84 Å². The molecule has 0 spiro atoms. The summed E-state index contributed by atoms with van der Waals surface area (Å²) < 4.78 is 28.6. The summed E-state index contributed by atoms with van der Waals surface area (Å²) in [6.07, 6.45) is 1.04. The Morgan fingerprint density at radius 3 is 2.95 bits per heavy atom. The van der Waals surface area contributed by atoms with E-state index in [0.717, 1.165) is 13.0 Å². The molecule has 7 nitrogen and oxygen atoms in total. The van der Waals surface area contributed by atoms with E-state index >= 15 is 0 Å². The number of aromatic nitrogens is 2. The molecule has 1 aliphatic heterocycles. The van der Waals surface area contributed by atoms with Crippen LogP contribution in [-0.4, -0.2) is 49.3 Å². The van der Waals surface area contributed by atoms with Crippen molar-refractivity contribution in [2.75, 3.05) is 29.5 Å². The molecule has 0 aromatic carbocycles. The summed E-state index contributed by atoms with van der Waals surface area (Å²) in [5.41, 5.74) is 0. The fraction of sp³-hybridized carbons (Fsp3) is 0.818. The number of rotatable bonds is 5. The molecule has 0 amide bonds. The van der Waals surface area contributed by atoms with Crippen molar-refractivity contribution in [3.05, 3.63) is 5.89 Å². The molecule has 1 unspecified atom stereocenters. The van der Waals surface area contributed by atoms with Crippen LogP contribution in [0, 0.1) is 0 Å². The Morgan fingerprint density at radius 2 is 2.26 bits per heavy atom. The highest BCUT2D eigenvalue weighted by molar-refractivity contribution is 7.91. The SMILES string of the molecule is CCCNCc1nnc(N2CCS(=O)(=O)CC2C)o1. The van der Waals surface area contributed by atoms with Gasteiger partial charge in [0.05, 0.1) is 18.1 Å². The molecule has 0 aliphatic carbocycles. The van der Waals surface area contributed by atoms with Crippen LogP contribution in [0.5, 0.6) is 0 Å². The van der Waals surface area contributed by atoms with E-state index in [0.29, 0.717) is 25.0 Å². The van der Waals surface area contributed by atoms with Gasteiger partial charge in [0.25, 0.3) is 0 Å². The first-order valence-corrected chi connectivity index (χ1v) is 8.34. The van der Waals surface area contributed by atoms with Gasteiger partial charge in [-0.15, -0.1) is 5.10 Å². The lowest BCUT2D eigenvalue weighted by Gasteiger charge is -2.31. The molecular formula is C11H20N4O3S. The van der Waals surface area contributed by atoms with Crippen molar-refractivity contribution >= 4 is 15.9 Å². The van der Waals surface area contributed by atoms with Crippen molar-refractivity contribution in [1.29, 1.82) is 0 Å². The molecule has 108 valence electrons. The highest BCUT2D eigenvalue weighted by Gasteiger charge is 2.31. The van der Waals surface area contributed by atoms with Crippen LogP contribution >= 0.6 is 0 Å². The number of sulfone groups is 1. The Balaban J connectivity index is 1.98. The van der Waals surface area contributed by atoms with Gasteiger partial charge in [-0.05, 0) is 19.9 Å². The van der Waals surface area contributed by atoms with Crippen LogP contribution in [0.25, 0.3) is 0 Å². The third kappa shape index (κ3) is 3.66. The Hall–Kier alpha value is -1.15. The molecular weight excluding hydrogens is 268 g/mol. The van der Waals surface area contributed by atoms with Gasteiger partial charge < -0.3 is 14.6 Å². The normalized spacial score (nSPS) is 22.6. The van der Waals surface area contributed by atoms with Gasteiger partial charge >= 0.3 is 6.01 Å². The van der Waals surface area contributed by atoms with E-state index in [9.17, 15) is 8.42 Å². The maximum Gasteiger partial charge on any atom is 0.318 e. The Morgan fingerprint density at radius 1 is 1.47 bits per heavy atom.